The maximum atomic E-state index is 12.0. The van der Waals surface area contributed by atoms with Crippen molar-refractivity contribution in [1.82, 2.24) is 10.5 Å². The van der Waals surface area contributed by atoms with Crippen LogP contribution in [0, 0.1) is 25.7 Å². The molecule has 2 rings (SSSR count). The Bertz CT molecular complexity index is 504. The van der Waals surface area contributed by atoms with Gasteiger partial charge in [0.25, 0.3) is 0 Å². The van der Waals surface area contributed by atoms with Crippen molar-refractivity contribution in [3.05, 3.63) is 17.0 Å². The standard InChI is InChI=1S/C14H20N2O4/c1-7(12-8(2)16-20-9(12)3)6-15-13(17)10-4-5-11(10)14(18)19/h7,10-11H,4-6H2,1-3H3,(H,15,17)(H,18,19). The number of carbonyl (C=O) groups is 2. The Morgan fingerprint density at radius 2 is 2.05 bits per heavy atom. The van der Waals surface area contributed by atoms with Gasteiger partial charge in [0.2, 0.25) is 5.91 Å². The van der Waals surface area contributed by atoms with Crippen molar-refractivity contribution in [2.75, 3.05) is 6.54 Å². The number of aryl methyl sites for hydroxylation is 2. The van der Waals surface area contributed by atoms with E-state index in [1.807, 2.05) is 20.8 Å². The molecule has 1 aromatic rings. The summed E-state index contributed by atoms with van der Waals surface area (Å²) < 4.78 is 5.11. The zero-order valence-corrected chi connectivity index (χ0v) is 12.0. The minimum atomic E-state index is -0.879. The molecule has 0 radical (unpaired) electrons. The second-order valence-corrected chi connectivity index (χ2v) is 5.51. The van der Waals surface area contributed by atoms with Crippen LogP contribution in [0.1, 0.15) is 42.7 Å². The first-order chi connectivity index (χ1) is 9.41. The van der Waals surface area contributed by atoms with Crippen LogP contribution in [0.2, 0.25) is 0 Å². The number of rotatable bonds is 5. The number of amides is 1. The molecule has 0 bridgehead atoms. The Morgan fingerprint density at radius 3 is 2.50 bits per heavy atom. The Balaban J connectivity index is 1.89. The van der Waals surface area contributed by atoms with Crippen LogP contribution in [0.15, 0.2) is 4.52 Å². The van der Waals surface area contributed by atoms with E-state index in [0.717, 1.165) is 17.0 Å². The molecule has 110 valence electrons. The van der Waals surface area contributed by atoms with Crippen molar-refractivity contribution >= 4 is 11.9 Å². The van der Waals surface area contributed by atoms with Crippen LogP contribution in [0.4, 0.5) is 0 Å². The summed E-state index contributed by atoms with van der Waals surface area (Å²) in [5, 5.41) is 15.7. The summed E-state index contributed by atoms with van der Waals surface area (Å²) in [7, 11) is 0. The van der Waals surface area contributed by atoms with Gasteiger partial charge in [0.1, 0.15) is 5.76 Å². The van der Waals surface area contributed by atoms with E-state index in [0.29, 0.717) is 19.4 Å². The molecule has 1 saturated carbocycles. The molecular weight excluding hydrogens is 260 g/mol. The van der Waals surface area contributed by atoms with E-state index in [4.69, 9.17) is 9.63 Å². The second-order valence-electron chi connectivity index (χ2n) is 5.51. The van der Waals surface area contributed by atoms with Gasteiger partial charge in [-0.05, 0) is 26.7 Å². The maximum absolute atomic E-state index is 12.0. The summed E-state index contributed by atoms with van der Waals surface area (Å²) in [4.78, 5) is 22.9. The molecule has 1 aliphatic rings. The molecule has 1 aromatic heterocycles. The van der Waals surface area contributed by atoms with Crippen LogP contribution in [-0.4, -0.2) is 28.7 Å². The highest BCUT2D eigenvalue weighted by Gasteiger charge is 2.41. The third-order valence-corrected chi connectivity index (χ3v) is 4.09. The summed E-state index contributed by atoms with van der Waals surface area (Å²) in [6.07, 6.45) is 1.25. The molecule has 6 nitrogen and oxygen atoms in total. The lowest BCUT2D eigenvalue weighted by atomic mass is 9.73. The Hall–Kier alpha value is -1.85. The number of hydrogen-bond acceptors (Lipinski definition) is 4. The van der Waals surface area contributed by atoms with Gasteiger partial charge in [0, 0.05) is 18.0 Å². The minimum Gasteiger partial charge on any atom is -0.481 e. The summed E-state index contributed by atoms with van der Waals surface area (Å²) >= 11 is 0. The molecule has 6 heteroatoms. The lowest BCUT2D eigenvalue weighted by Gasteiger charge is -2.32. The molecule has 20 heavy (non-hydrogen) atoms. The third kappa shape index (κ3) is 2.69. The largest absolute Gasteiger partial charge is 0.481 e. The number of carbonyl (C=O) groups excluding carboxylic acids is 1. The number of hydrogen-bond donors (Lipinski definition) is 2. The van der Waals surface area contributed by atoms with Gasteiger partial charge in [-0.15, -0.1) is 0 Å². The maximum Gasteiger partial charge on any atom is 0.307 e. The predicted molar refractivity (Wildman–Crippen MR) is 71.3 cm³/mol. The molecule has 0 saturated heterocycles. The molecule has 0 aromatic carbocycles. The Kier molecular flexibility index (Phi) is 4.11. The smallest absolute Gasteiger partial charge is 0.307 e. The van der Waals surface area contributed by atoms with Crippen LogP contribution in [-0.2, 0) is 9.59 Å². The van der Waals surface area contributed by atoms with Gasteiger partial charge in [0.15, 0.2) is 0 Å². The summed E-state index contributed by atoms with van der Waals surface area (Å²) in [6.45, 7) is 6.17. The molecule has 1 aliphatic carbocycles. The number of nitrogens with one attached hydrogen (secondary N) is 1. The van der Waals surface area contributed by atoms with Gasteiger partial charge in [-0.3, -0.25) is 9.59 Å². The number of carboxylic acids is 1. The second kappa shape index (κ2) is 5.64. The molecule has 0 spiro atoms. The van der Waals surface area contributed by atoms with Crippen molar-refractivity contribution in [3.63, 3.8) is 0 Å². The summed E-state index contributed by atoms with van der Waals surface area (Å²) in [6, 6.07) is 0. The Labute approximate surface area is 117 Å². The highest BCUT2D eigenvalue weighted by molar-refractivity contribution is 5.86. The van der Waals surface area contributed by atoms with Crippen molar-refractivity contribution < 1.29 is 19.2 Å². The summed E-state index contributed by atoms with van der Waals surface area (Å²) in [5.74, 6) is -1.10. The highest BCUT2D eigenvalue weighted by atomic mass is 16.5. The summed E-state index contributed by atoms with van der Waals surface area (Å²) in [5.41, 5.74) is 1.84. The first-order valence-electron chi connectivity index (χ1n) is 6.85. The monoisotopic (exact) mass is 280 g/mol. The minimum absolute atomic E-state index is 0.0913. The number of aliphatic carboxylic acids is 1. The van der Waals surface area contributed by atoms with Crippen molar-refractivity contribution in [2.24, 2.45) is 11.8 Å². The highest BCUT2D eigenvalue weighted by Crippen LogP contribution is 2.34. The zero-order valence-electron chi connectivity index (χ0n) is 12.0. The van der Waals surface area contributed by atoms with Crippen LogP contribution in [0.3, 0.4) is 0 Å². The van der Waals surface area contributed by atoms with Gasteiger partial charge >= 0.3 is 5.97 Å². The number of nitrogens with zero attached hydrogens (tertiary/aromatic N) is 1. The van der Waals surface area contributed by atoms with Crippen LogP contribution in [0.25, 0.3) is 0 Å². The van der Waals surface area contributed by atoms with E-state index in [9.17, 15) is 9.59 Å². The molecule has 1 heterocycles. The first-order valence-corrected chi connectivity index (χ1v) is 6.85. The van der Waals surface area contributed by atoms with Gasteiger partial charge in [-0.2, -0.15) is 0 Å². The molecule has 2 N–H and O–H groups in total. The fourth-order valence-electron chi connectivity index (χ4n) is 2.79. The third-order valence-electron chi connectivity index (χ3n) is 4.09. The molecule has 1 fully saturated rings. The fourth-order valence-corrected chi connectivity index (χ4v) is 2.79. The van der Waals surface area contributed by atoms with E-state index >= 15 is 0 Å². The molecule has 3 unspecified atom stereocenters. The lowest BCUT2D eigenvalue weighted by molar-refractivity contribution is -0.152. The van der Waals surface area contributed by atoms with Crippen molar-refractivity contribution in [2.45, 2.75) is 39.5 Å². The molecule has 0 aliphatic heterocycles. The van der Waals surface area contributed by atoms with Gasteiger partial charge in [-0.1, -0.05) is 12.1 Å². The average molecular weight is 280 g/mol. The lowest BCUT2D eigenvalue weighted by Crippen LogP contribution is -2.44. The fraction of sp³-hybridized carbons (Fsp3) is 0.643. The Morgan fingerprint density at radius 1 is 1.40 bits per heavy atom. The predicted octanol–water partition coefficient (Wildman–Crippen LogP) is 1.62. The van der Waals surface area contributed by atoms with Gasteiger partial charge < -0.3 is 14.9 Å². The van der Waals surface area contributed by atoms with E-state index in [1.165, 1.54) is 0 Å². The molecule has 1 amide bonds. The van der Waals surface area contributed by atoms with E-state index in [2.05, 4.69) is 10.5 Å². The quantitative estimate of drug-likeness (QED) is 0.855. The zero-order chi connectivity index (χ0) is 14.9. The van der Waals surface area contributed by atoms with Crippen molar-refractivity contribution in [1.29, 1.82) is 0 Å². The van der Waals surface area contributed by atoms with E-state index in [-0.39, 0.29) is 17.7 Å². The average Bonchev–Trinajstić information content (AvgIpc) is 2.64. The van der Waals surface area contributed by atoms with E-state index < -0.39 is 11.9 Å². The molecular formula is C14H20N2O4. The number of aromatic nitrogens is 1. The SMILES string of the molecule is Cc1noc(C)c1C(C)CNC(=O)C1CCC1C(=O)O. The van der Waals surface area contributed by atoms with Gasteiger partial charge in [0.05, 0.1) is 17.5 Å². The van der Waals surface area contributed by atoms with Crippen LogP contribution < -0.4 is 5.32 Å². The van der Waals surface area contributed by atoms with Crippen molar-refractivity contribution in [3.8, 4) is 0 Å². The molecule has 3 atom stereocenters. The van der Waals surface area contributed by atoms with Gasteiger partial charge in [-0.25, -0.2) is 0 Å². The van der Waals surface area contributed by atoms with Crippen LogP contribution in [0.5, 0.6) is 0 Å². The van der Waals surface area contributed by atoms with Crippen LogP contribution >= 0.6 is 0 Å². The van der Waals surface area contributed by atoms with E-state index in [1.54, 1.807) is 0 Å². The normalized spacial score (nSPS) is 22.9. The number of carboxylic acid groups (broad SMARTS) is 1. The first kappa shape index (κ1) is 14.6. The topological polar surface area (TPSA) is 92.4 Å².